The van der Waals surface area contributed by atoms with Gasteiger partial charge in [-0.15, -0.1) is 11.3 Å². The lowest BCUT2D eigenvalue weighted by atomic mass is 9.94. The molecule has 0 saturated carbocycles. The van der Waals surface area contributed by atoms with Crippen LogP contribution in [0.1, 0.15) is 62.2 Å². The van der Waals surface area contributed by atoms with Gasteiger partial charge in [0.15, 0.2) is 27.5 Å². The number of thiazole rings is 2. The molecule has 0 saturated heterocycles. The molecule has 1 aliphatic rings. The van der Waals surface area contributed by atoms with Crippen LogP contribution in [0.2, 0.25) is 0 Å². The topological polar surface area (TPSA) is 108 Å². The zero-order chi connectivity index (χ0) is 34.3. The zero-order valence-electron chi connectivity index (χ0n) is 27.3. The van der Waals surface area contributed by atoms with E-state index in [4.69, 9.17) is 4.74 Å². The molecule has 5 aromatic rings. The molecule has 3 heterocycles. The van der Waals surface area contributed by atoms with Crippen molar-refractivity contribution < 1.29 is 23.8 Å². The van der Waals surface area contributed by atoms with Crippen LogP contribution in [0, 0.1) is 17.7 Å². The Kier molecular flexibility index (Phi) is 10.8. The number of nitrogens with zero attached hydrogens (tertiary/aromatic N) is 4. The second kappa shape index (κ2) is 15.6. The molecule has 2 aromatic heterocycles. The van der Waals surface area contributed by atoms with Gasteiger partial charge in [0.1, 0.15) is 0 Å². The van der Waals surface area contributed by atoms with Crippen molar-refractivity contribution in [1.29, 1.82) is 0 Å². The van der Waals surface area contributed by atoms with Crippen LogP contribution in [-0.4, -0.2) is 65.1 Å². The SMILES string of the molecule is CCCN(C)CC#Cc1ccc(OCCCc2sc(N3CCc4cccc(C(=O)Nc5nc6ccccc6s5)c4C3)nc2C(=O)O)c(F)c1. The van der Waals surface area contributed by atoms with Gasteiger partial charge in [0.2, 0.25) is 0 Å². The molecular weight excluding hydrogens is 662 g/mol. The Morgan fingerprint density at radius 3 is 2.78 bits per heavy atom. The first-order valence-electron chi connectivity index (χ1n) is 16.1. The van der Waals surface area contributed by atoms with Crippen molar-refractivity contribution >= 4 is 55.0 Å². The molecule has 0 aliphatic carbocycles. The minimum absolute atomic E-state index is 0.00588. The number of benzene rings is 3. The van der Waals surface area contributed by atoms with Gasteiger partial charge in [-0.3, -0.25) is 15.0 Å². The lowest BCUT2D eigenvalue weighted by Gasteiger charge is -2.29. The summed E-state index contributed by atoms with van der Waals surface area (Å²) in [5.41, 5.74) is 3.94. The van der Waals surface area contributed by atoms with Crippen molar-refractivity contribution in [1.82, 2.24) is 14.9 Å². The number of carbonyl (C=O) groups excluding carboxylic acids is 1. The predicted octanol–water partition coefficient (Wildman–Crippen LogP) is 7.11. The molecule has 0 spiro atoms. The van der Waals surface area contributed by atoms with Gasteiger partial charge in [0.25, 0.3) is 5.91 Å². The number of amides is 1. The van der Waals surface area contributed by atoms with E-state index in [9.17, 15) is 19.1 Å². The van der Waals surface area contributed by atoms with Gasteiger partial charge in [-0.25, -0.2) is 19.2 Å². The number of aromatic carboxylic acids is 1. The van der Waals surface area contributed by atoms with Crippen molar-refractivity contribution in [3.63, 3.8) is 0 Å². The molecule has 9 nitrogen and oxygen atoms in total. The van der Waals surface area contributed by atoms with Gasteiger partial charge in [0.05, 0.1) is 23.4 Å². The third-order valence-corrected chi connectivity index (χ3v) is 10.2. The minimum Gasteiger partial charge on any atom is -0.491 e. The maximum Gasteiger partial charge on any atom is 0.355 e. The summed E-state index contributed by atoms with van der Waals surface area (Å²) in [6.07, 6.45) is 2.62. The van der Waals surface area contributed by atoms with Crippen LogP contribution < -0.4 is 15.0 Å². The monoisotopic (exact) mass is 697 g/mol. The predicted molar refractivity (Wildman–Crippen MR) is 193 cm³/mol. The normalized spacial score (nSPS) is 12.4. The summed E-state index contributed by atoms with van der Waals surface area (Å²) in [7, 11) is 2.00. The molecule has 2 N–H and O–H groups in total. The first-order chi connectivity index (χ1) is 23.8. The fourth-order valence-corrected chi connectivity index (χ4v) is 7.69. The number of hydrogen-bond acceptors (Lipinski definition) is 9. The van der Waals surface area contributed by atoms with Gasteiger partial charge in [0, 0.05) is 29.1 Å². The number of para-hydroxylation sites is 1. The number of carbonyl (C=O) groups is 2. The third-order valence-electron chi connectivity index (χ3n) is 8.12. The van der Waals surface area contributed by atoms with Gasteiger partial charge in [-0.05, 0) is 86.8 Å². The van der Waals surface area contributed by atoms with Crippen LogP contribution >= 0.6 is 22.7 Å². The molecular formula is C37H36FN5O4S2. The molecule has 1 amide bonds. The largest absolute Gasteiger partial charge is 0.491 e. The summed E-state index contributed by atoms with van der Waals surface area (Å²) in [5, 5.41) is 14.0. The maximum atomic E-state index is 14.7. The highest BCUT2D eigenvalue weighted by atomic mass is 32.1. The summed E-state index contributed by atoms with van der Waals surface area (Å²) in [4.78, 5) is 39.4. The Morgan fingerprint density at radius 2 is 1.98 bits per heavy atom. The summed E-state index contributed by atoms with van der Waals surface area (Å²) >= 11 is 2.75. The number of fused-ring (bicyclic) bond motifs is 2. The molecule has 0 unspecified atom stereocenters. The van der Waals surface area contributed by atoms with Gasteiger partial charge in [-0.2, -0.15) is 0 Å². The molecule has 0 bridgehead atoms. The van der Waals surface area contributed by atoms with E-state index in [1.807, 2.05) is 48.3 Å². The second-order valence-corrected chi connectivity index (χ2v) is 13.9. The van der Waals surface area contributed by atoms with Gasteiger partial charge < -0.3 is 14.7 Å². The van der Waals surface area contributed by atoms with Gasteiger partial charge in [-0.1, -0.05) is 54.4 Å². The first-order valence-corrected chi connectivity index (χ1v) is 17.8. The van der Waals surface area contributed by atoms with Crippen LogP contribution in [0.4, 0.5) is 14.7 Å². The Hall–Kier alpha value is -4.83. The number of rotatable bonds is 12. The average molecular weight is 698 g/mol. The summed E-state index contributed by atoms with van der Waals surface area (Å²) in [6, 6.07) is 18.1. The third kappa shape index (κ3) is 8.25. The van der Waals surface area contributed by atoms with Crippen LogP contribution in [0.15, 0.2) is 60.7 Å². The average Bonchev–Trinajstić information content (AvgIpc) is 3.71. The molecule has 6 rings (SSSR count). The van der Waals surface area contributed by atoms with E-state index >= 15 is 0 Å². The minimum atomic E-state index is -1.10. The number of anilines is 2. The van der Waals surface area contributed by atoms with Crippen molar-refractivity contribution in [2.75, 3.05) is 43.5 Å². The van der Waals surface area contributed by atoms with Crippen LogP contribution in [0.3, 0.4) is 0 Å². The smallest absolute Gasteiger partial charge is 0.355 e. The second-order valence-electron chi connectivity index (χ2n) is 11.8. The summed E-state index contributed by atoms with van der Waals surface area (Å²) in [5.74, 6) is 4.36. The molecule has 252 valence electrons. The number of ether oxygens (including phenoxy) is 1. The lowest BCUT2D eigenvalue weighted by Crippen LogP contribution is -2.32. The summed E-state index contributed by atoms with van der Waals surface area (Å²) < 4.78 is 21.4. The van der Waals surface area contributed by atoms with E-state index in [0.717, 1.165) is 34.3 Å². The fraction of sp³-hybridized carbons (Fsp3) is 0.297. The molecule has 1 aliphatic heterocycles. The first kappa shape index (κ1) is 34.0. The van der Waals surface area contributed by atoms with E-state index in [-0.39, 0.29) is 24.0 Å². The quantitative estimate of drug-likeness (QED) is 0.105. The highest BCUT2D eigenvalue weighted by molar-refractivity contribution is 7.22. The molecule has 3 aromatic carbocycles. The Morgan fingerprint density at radius 1 is 1.12 bits per heavy atom. The van der Waals surface area contributed by atoms with E-state index in [2.05, 4.69) is 38.9 Å². The Bertz CT molecular complexity index is 2020. The van der Waals surface area contributed by atoms with Crippen molar-refractivity contribution in [2.45, 2.75) is 39.2 Å². The highest BCUT2D eigenvalue weighted by Gasteiger charge is 2.26. The molecule has 0 radical (unpaired) electrons. The number of carboxylic acids is 1. The highest BCUT2D eigenvalue weighted by Crippen LogP contribution is 2.33. The number of carboxylic acid groups (broad SMARTS) is 1. The number of nitrogens with one attached hydrogen (secondary N) is 1. The van der Waals surface area contributed by atoms with Crippen molar-refractivity contribution in [3.8, 4) is 17.6 Å². The van der Waals surface area contributed by atoms with Crippen molar-refractivity contribution in [2.24, 2.45) is 0 Å². The van der Waals surface area contributed by atoms with Crippen LogP contribution in [-0.2, 0) is 19.4 Å². The van der Waals surface area contributed by atoms with Gasteiger partial charge >= 0.3 is 5.97 Å². The van der Waals surface area contributed by atoms with E-state index in [1.165, 1.54) is 28.7 Å². The van der Waals surface area contributed by atoms with Crippen LogP contribution in [0.25, 0.3) is 10.2 Å². The van der Waals surface area contributed by atoms with E-state index in [1.54, 1.807) is 18.2 Å². The van der Waals surface area contributed by atoms with E-state index < -0.39 is 11.8 Å². The van der Waals surface area contributed by atoms with Crippen molar-refractivity contribution in [3.05, 3.63) is 99.3 Å². The molecule has 49 heavy (non-hydrogen) atoms. The lowest BCUT2D eigenvalue weighted by molar-refractivity contribution is 0.0690. The number of aryl methyl sites for hydroxylation is 1. The molecule has 0 atom stereocenters. The van der Waals surface area contributed by atoms with Crippen LogP contribution in [0.5, 0.6) is 5.75 Å². The summed E-state index contributed by atoms with van der Waals surface area (Å²) in [6.45, 7) is 4.94. The molecule has 0 fully saturated rings. The molecule has 12 heteroatoms. The zero-order valence-corrected chi connectivity index (χ0v) is 28.9. The maximum absolute atomic E-state index is 14.7. The van der Waals surface area contributed by atoms with E-state index in [0.29, 0.717) is 65.2 Å². The number of hydrogen-bond donors (Lipinski definition) is 2. The Labute approximate surface area is 292 Å². The Balaban J connectivity index is 1.08. The number of halogens is 1. The fourth-order valence-electron chi connectivity index (χ4n) is 5.71. The number of aromatic nitrogens is 2. The standard InChI is InChI=1S/C37H36FN5O4S2/c1-3-18-42(2)19-7-9-24-15-16-30(28(38)22-24)47-21-8-14-32-33(35(45)46)40-37(49-32)43-20-17-25-10-6-11-26(27(25)23-43)34(44)41-36-39-29-12-4-5-13-31(29)48-36/h4-6,10-13,15-16,22H,3,8,14,17-21,23H2,1-2H3,(H,45,46)(H,39,41,44).